The summed E-state index contributed by atoms with van der Waals surface area (Å²) in [6.07, 6.45) is 2.02. The highest BCUT2D eigenvalue weighted by atomic mass is 32.2. The van der Waals surface area contributed by atoms with Gasteiger partial charge < -0.3 is 11.1 Å². The van der Waals surface area contributed by atoms with Gasteiger partial charge in [0, 0.05) is 23.1 Å². The first-order valence-electron chi connectivity index (χ1n) is 5.41. The molecule has 0 aliphatic heterocycles. The van der Waals surface area contributed by atoms with E-state index in [9.17, 15) is 9.00 Å². The van der Waals surface area contributed by atoms with Crippen molar-refractivity contribution in [1.29, 1.82) is 0 Å². The third kappa shape index (κ3) is 8.57. The number of carbonyl (C=O) groups is 1. The van der Waals surface area contributed by atoms with Gasteiger partial charge in [0.25, 0.3) is 0 Å². The van der Waals surface area contributed by atoms with Gasteiger partial charge in [-0.05, 0) is 18.9 Å². The zero-order valence-corrected chi connectivity index (χ0v) is 10.4. The van der Waals surface area contributed by atoms with Gasteiger partial charge in [-0.25, -0.2) is 0 Å². The van der Waals surface area contributed by atoms with Crippen molar-refractivity contribution < 1.29 is 9.00 Å². The van der Waals surface area contributed by atoms with Crippen molar-refractivity contribution in [2.75, 3.05) is 24.6 Å². The summed E-state index contributed by atoms with van der Waals surface area (Å²) in [6.45, 7) is 5.20. The van der Waals surface area contributed by atoms with E-state index in [2.05, 4.69) is 12.2 Å². The van der Waals surface area contributed by atoms with Gasteiger partial charge in [0.05, 0.1) is 0 Å². The van der Waals surface area contributed by atoms with Crippen LogP contribution >= 0.6 is 0 Å². The quantitative estimate of drug-likeness (QED) is 0.591. The summed E-state index contributed by atoms with van der Waals surface area (Å²) in [5.74, 6) is 0.714. The Kier molecular flexibility index (Phi) is 8.61. The number of hydrogen-bond acceptors (Lipinski definition) is 3. The molecule has 1 amide bonds. The third-order valence-electron chi connectivity index (χ3n) is 2.02. The standard InChI is InChI=1S/C10H22N2O2S/c1-3-4-5-12-10(13)8-15(14)7-9(2)6-11/h9H,3-8,11H2,1-2H3,(H,12,13). The Bertz CT molecular complexity index is 210. The van der Waals surface area contributed by atoms with Crippen molar-refractivity contribution in [3.63, 3.8) is 0 Å². The Balaban J connectivity index is 3.62. The second-order valence-corrected chi connectivity index (χ2v) is 5.30. The molecular formula is C10H22N2O2S. The van der Waals surface area contributed by atoms with E-state index in [0.717, 1.165) is 12.8 Å². The van der Waals surface area contributed by atoms with Crippen molar-refractivity contribution in [1.82, 2.24) is 5.32 Å². The lowest BCUT2D eigenvalue weighted by molar-refractivity contribution is -0.118. The topological polar surface area (TPSA) is 72.2 Å². The fourth-order valence-corrected chi connectivity index (χ4v) is 2.33. The van der Waals surface area contributed by atoms with Crippen molar-refractivity contribution in [3.05, 3.63) is 0 Å². The molecule has 0 radical (unpaired) electrons. The summed E-state index contributed by atoms with van der Waals surface area (Å²) in [7, 11) is -1.08. The first-order valence-corrected chi connectivity index (χ1v) is 6.90. The number of carbonyl (C=O) groups excluding carboxylic acids is 1. The summed E-state index contributed by atoms with van der Waals surface area (Å²) >= 11 is 0. The van der Waals surface area contributed by atoms with Crippen LogP contribution in [0.25, 0.3) is 0 Å². The van der Waals surface area contributed by atoms with Crippen LogP contribution in [0, 0.1) is 5.92 Å². The van der Waals surface area contributed by atoms with E-state index in [4.69, 9.17) is 5.73 Å². The van der Waals surface area contributed by atoms with Crippen LogP contribution in [-0.4, -0.2) is 34.7 Å². The van der Waals surface area contributed by atoms with E-state index in [0.29, 0.717) is 18.8 Å². The van der Waals surface area contributed by atoms with E-state index in [1.54, 1.807) is 0 Å². The average molecular weight is 234 g/mol. The van der Waals surface area contributed by atoms with E-state index in [1.165, 1.54) is 0 Å². The Hall–Kier alpha value is -0.420. The van der Waals surface area contributed by atoms with Gasteiger partial charge >= 0.3 is 0 Å². The Labute approximate surface area is 94.4 Å². The number of unbranched alkanes of at least 4 members (excludes halogenated alkanes) is 1. The minimum absolute atomic E-state index is 0.105. The highest BCUT2D eigenvalue weighted by Crippen LogP contribution is 1.95. The summed E-state index contributed by atoms with van der Waals surface area (Å²) in [5.41, 5.74) is 5.41. The lowest BCUT2D eigenvalue weighted by Crippen LogP contribution is -2.31. The molecule has 0 saturated carbocycles. The molecule has 3 N–H and O–H groups in total. The molecule has 0 rings (SSSR count). The van der Waals surface area contributed by atoms with Gasteiger partial charge in [-0.3, -0.25) is 9.00 Å². The van der Waals surface area contributed by atoms with E-state index < -0.39 is 10.8 Å². The SMILES string of the molecule is CCCCNC(=O)CS(=O)CC(C)CN. The molecule has 0 aromatic heterocycles. The monoisotopic (exact) mass is 234 g/mol. The first-order chi connectivity index (χ1) is 7.10. The van der Waals surface area contributed by atoms with Crippen LogP contribution in [-0.2, 0) is 15.6 Å². The summed E-state index contributed by atoms with van der Waals surface area (Å²) in [5, 5.41) is 2.74. The van der Waals surface area contributed by atoms with Crippen LogP contribution in [0.2, 0.25) is 0 Å². The number of nitrogens with one attached hydrogen (secondary N) is 1. The number of rotatable bonds is 8. The molecule has 5 heteroatoms. The second-order valence-electron chi connectivity index (χ2n) is 3.80. The Morgan fingerprint density at radius 1 is 1.53 bits per heavy atom. The van der Waals surface area contributed by atoms with E-state index >= 15 is 0 Å². The van der Waals surface area contributed by atoms with Crippen LogP contribution in [0.15, 0.2) is 0 Å². The van der Waals surface area contributed by atoms with Crippen LogP contribution in [0.5, 0.6) is 0 Å². The molecule has 0 aromatic carbocycles. The normalized spacial score (nSPS) is 14.6. The molecule has 2 unspecified atom stereocenters. The molecular weight excluding hydrogens is 212 g/mol. The molecule has 0 bridgehead atoms. The van der Waals surface area contributed by atoms with Gasteiger partial charge in [-0.1, -0.05) is 20.3 Å². The molecule has 2 atom stereocenters. The lowest BCUT2D eigenvalue weighted by Gasteiger charge is -2.08. The minimum Gasteiger partial charge on any atom is -0.355 e. The number of nitrogens with two attached hydrogens (primary N) is 1. The number of hydrogen-bond donors (Lipinski definition) is 2. The minimum atomic E-state index is -1.08. The van der Waals surface area contributed by atoms with Gasteiger partial charge in [0.15, 0.2) is 0 Å². The van der Waals surface area contributed by atoms with Crippen LogP contribution in [0.1, 0.15) is 26.7 Å². The predicted molar refractivity (Wildman–Crippen MR) is 64.0 cm³/mol. The first kappa shape index (κ1) is 14.6. The largest absolute Gasteiger partial charge is 0.355 e. The van der Waals surface area contributed by atoms with Gasteiger partial charge in [-0.15, -0.1) is 0 Å². The average Bonchev–Trinajstić information content (AvgIpc) is 2.17. The highest BCUT2D eigenvalue weighted by Gasteiger charge is 2.10. The molecule has 4 nitrogen and oxygen atoms in total. The lowest BCUT2D eigenvalue weighted by atomic mass is 10.2. The fourth-order valence-electron chi connectivity index (χ4n) is 1.05. The molecule has 0 aliphatic rings. The van der Waals surface area contributed by atoms with Crippen molar-refractivity contribution in [2.45, 2.75) is 26.7 Å². The Morgan fingerprint density at radius 2 is 2.20 bits per heavy atom. The summed E-state index contributed by atoms with van der Waals surface area (Å²) in [6, 6.07) is 0. The van der Waals surface area contributed by atoms with Gasteiger partial charge in [-0.2, -0.15) is 0 Å². The van der Waals surface area contributed by atoms with Crippen LogP contribution in [0.3, 0.4) is 0 Å². The molecule has 0 aromatic rings. The molecule has 0 fully saturated rings. The van der Waals surface area contributed by atoms with E-state index in [1.807, 2.05) is 6.92 Å². The molecule has 0 heterocycles. The second kappa shape index (κ2) is 8.85. The Morgan fingerprint density at radius 3 is 2.73 bits per heavy atom. The highest BCUT2D eigenvalue weighted by molar-refractivity contribution is 7.85. The summed E-state index contributed by atoms with van der Waals surface area (Å²) in [4.78, 5) is 11.3. The summed E-state index contributed by atoms with van der Waals surface area (Å²) < 4.78 is 11.5. The predicted octanol–water partition coefficient (Wildman–Crippen LogP) is 0.246. The number of amides is 1. The van der Waals surface area contributed by atoms with E-state index in [-0.39, 0.29) is 17.6 Å². The fraction of sp³-hybridized carbons (Fsp3) is 0.900. The molecule has 15 heavy (non-hydrogen) atoms. The molecule has 0 aliphatic carbocycles. The van der Waals surface area contributed by atoms with Crippen molar-refractivity contribution >= 4 is 16.7 Å². The maximum Gasteiger partial charge on any atom is 0.232 e. The van der Waals surface area contributed by atoms with Crippen molar-refractivity contribution in [2.24, 2.45) is 11.7 Å². The zero-order chi connectivity index (χ0) is 11.7. The maximum absolute atomic E-state index is 11.5. The third-order valence-corrected chi connectivity index (χ3v) is 3.54. The van der Waals surface area contributed by atoms with Crippen molar-refractivity contribution in [3.8, 4) is 0 Å². The molecule has 0 saturated heterocycles. The van der Waals surface area contributed by atoms with Gasteiger partial charge in [0.2, 0.25) is 5.91 Å². The van der Waals surface area contributed by atoms with Crippen LogP contribution in [0.4, 0.5) is 0 Å². The van der Waals surface area contributed by atoms with Crippen LogP contribution < -0.4 is 11.1 Å². The smallest absolute Gasteiger partial charge is 0.232 e. The molecule has 90 valence electrons. The molecule has 0 spiro atoms. The zero-order valence-electron chi connectivity index (χ0n) is 9.62. The maximum atomic E-state index is 11.5. The van der Waals surface area contributed by atoms with Gasteiger partial charge in [0.1, 0.15) is 5.75 Å².